The fourth-order valence-corrected chi connectivity index (χ4v) is 2.16. The highest BCUT2D eigenvalue weighted by Crippen LogP contribution is 2.22. The first-order chi connectivity index (χ1) is 7.79. The summed E-state index contributed by atoms with van der Waals surface area (Å²) in [5, 5.41) is 2.87. The van der Waals surface area contributed by atoms with Gasteiger partial charge < -0.3 is 11.1 Å². The molecular formula is C13H18N2O. The molecule has 0 unspecified atom stereocenters. The number of fused-ring (bicyclic) bond motifs is 1. The average Bonchev–Trinajstić information content (AvgIpc) is 2.74. The quantitative estimate of drug-likeness (QED) is 0.796. The van der Waals surface area contributed by atoms with Crippen molar-refractivity contribution in [3.8, 4) is 0 Å². The van der Waals surface area contributed by atoms with E-state index in [1.165, 1.54) is 36.0 Å². The van der Waals surface area contributed by atoms with Gasteiger partial charge in [-0.25, -0.2) is 0 Å². The molecule has 0 fully saturated rings. The number of hydrogen-bond acceptors (Lipinski definition) is 2. The molecule has 0 heterocycles. The Balaban J connectivity index is 1.93. The van der Waals surface area contributed by atoms with Gasteiger partial charge in [0.05, 0.1) is 0 Å². The van der Waals surface area contributed by atoms with Gasteiger partial charge in [-0.1, -0.05) is 18.2 Å². The fraction of sp³-hybridized carbons (Fsp3) is 0.462. The topological polar surface area (TPSA) is 55.1 Å². The number of benzene rings is 1. The van der Waals surface area contributed by atoms with E-state index in [1.54, 1.807) is 0 Å². The molecule has 3 heteroatoms. The maximum atomic E-state index is 11.3. The average molecular weight is 218 g/mol. The molecule has 0 aliphatic heterocycles. The van der Waals surface area contributed by atoms with Gasteiger partial charge >= 0.3 is 0 Å². The molecule has 0 spiro atoms. The van der Waals surface area contributed by atoms with Crippen LogP contribution < -0.4 is 11.1 Å². The van der Waals surface area contributed by atoms with Crippen LogP contribution in [0, 0.1) is 0 Å². The van der Waals surface area contributed by atoms with E-state index in [0.717, 1.165) is 0 Å². The van der Waals surface area contributed by atoms with Crippen molar-refractivity contribution in [2.75, 3.05) is 6.54 Å². The summed E-state index contributed by atoms with van der Waals surface area (Å²) >= 11 is 0. The third-order valence-electron chi connectivity index (χ3n) is 3.02. The molecule has 1 aliphatic rings. The standard InChI is InChI=1S/C13H18N2O/c14-7-6-13(16)15-9-10-4-5-11-2-1-3-12(11)8-10/h4-5,8H,1-3,6-7,9,14H2,(H,15,16). The molecule has 1 aromatic rings. The molecule has 86 valence electrons. The zero-order valence-electron chi connectivity index (χ0n) is 9.46. The zero-order valence-corrected chi connectivity index (χ0v) is 9.46. The third kappa shape index (κ3) is 2.61. The van der Waals surface area contributed by atoms with Gasteiger partial charge in [0.1, 0.15) is 0 Å². The number of amides is 1. The van der Waals surface area contributed by atoms with Crippen molar-refractivity contribution in [2.24, 2.45) is 5.73 Å². The largest absolute Gasteiger partial charge is 0.352 e. The summed E-state index contributed by atoms with van der Waals surface area (Å²) in [5.74, 6) is 0.0306. The molecule has 0 bridgehead atoms. The van der Waals surface area contributed by atoms with Gasteiger partial charge in [0.15, 0.2) is 0 Å². The van der Waals surface area contributed by atoms with Crippen molar-refractivity contribution in [2.45, 2.75) is 32.2 Å². The molecule has 0 atom stereocenters. The Kier molecular flexibility index (Phi) is 3.57. The molecule has 1 aromatic carbocycles. The Morgan fingerprint density at radius 1 is 1.31 bits per heavy atom. The second-order valence-electron chi connectivity index (χ2n) is 4.27. The van der Waals surface area contributed by atoms with Crippen LogP contribution in [0.25, 0.3) is 0 Å². The molecule has 0 radical (unpaired) electrons. The van der Waals surface area contributed by atoms with Crippen molar-refractivity contribution in [3.63, 3.8) is 0 Å². The zero-order chi connectivity index (χ0) is 11.4. The minimum atomic E-state index is 0.0306. The normalized spacial score (nSPS) is 13.6. The molecule has 1 amide bonds. The van der Waals surface area contributed by atoms with E-state index >= 15 is 0 Å². The van der Waals surface area contributed by atoms with Crippen molar-refractivity contribution >= 4 is 5.91 Å². The van der Waals surface area contributed by atoms with Crippen LogP contribution in [-0.2, 0) is 24.2 Å². The van der Waals surface area contributed by atoms with Gasteiger partial charge in [0.25, 0.3) is 0 Å². The molecule has 3 N–H and O–H groups in total. The molecule has 16 heavy (non-hydrogen) atoms. The molecule has 1 aliphatic carbocycles. The monoisotopic (exact) mass is 218 g/mol. The van der Waals surface area contributed by atoms with Gasteiger partial charge in [-0.3, -0.25) is 4.79 Å². The van der Waals surface area contributed by atoms with Crippen LogP contribution in [0.15, 0.2) is 18.2 Å². The minimum absolute atomic E-state index is 0.0306. The van der Waals surface area contributed by atoms with E-state index in [2.05, 4.69) is 23.5 Å². The highest BCUT2D eigenvalue weighted by Gasteiger charge is 2.10. The lowest BCUT2D eigenvalue weighted by Gasteiger charge is -2.06. The van der Waals surface area contributed by atoms with Crippen molar-refractivity contribution < 1.29 is 4.79 Å². The highest BCUT2D eigenvalue weighted by atomic mass is 16.1. The first kappa shape index (κ1) is 11.1. The summed E-state index contributed by atoms with van der Waals surface area (Å²) in [5.41, 5.74) is 9.42. The summed E-state index contributed by atoms with van der Waals surface area (Å²) in [6.45, 7) is 1.03. The number of carbonyl (C=O) groups excluding carboxylic acids is 1. The molecule has 0 saturated carbocycles. The first-order valence-electron chi connectivity index (χ1n) is 5.87. The number of nitrogens with two attached hydrogens (primary N) is 1. The Morgan fingerprint density at radius 2 is 2.12 bits per heavy atom. The van der Waals surface area contributed by atoms with E-state index in [4.69, 9.17) is 5.73 Å². The van der Waals surface area contributed by atoms with E-state index in [1.807, 2.05) is 0 Å². The Bertz CT molecular complexity index is 388. The summed E-state index contributed by atoms with van der Waals surface area (Å²) in [4.78, 5) is 11.3. The van der Waals surface area contributed by atoms with E-state index in [-0.39, 0.29) is 5.91 Å². The maximum absolute atomic E-state index is 11.3. The molecule has 0 aromatic heterocycles. The van der Waals surface area contributed by atoms with Crippen molar-refractivity contribution in [3.05, 3.63) is 34.9 Å². The van der Waals surface area contributed by atoms with Crippen LogP contribution in [0.5, 0.6) is 0 Å². The summed E-state index contributed by atoms with van der Waals surface area (Å²) in [7, 11) is 0. The summed E-state index contributed by atoms with van der Waals surface area (Å²) in [6, 6.07) is 6.50. The van der Waals surface area contributed by atoms with Gasteiger partial charge in [-0.15, -0.1) is 0 Å². The molecule has 2 rings (SSSR count). The molecular weight excluding hydrogens is 200 g/mol. The predicted molar refractivity (Wildman–Crippen MR) is 64.0 cm³/mol. The minimum Gasteiger partial charge on any atom is -0.352 e. The lowest BCUT2D eigenvalue weighted by atomic mass is 10.1. The maximum Gasteiger partial charge on any atom is 0.221 e. The van der Waals surface area contributed by atoms with Gasteiger partial charge in [0, 0.05) is 19.5 Å². The first-order valence-corrected chi connectivity index (χ1v) is 5.87. The number of nitrogens with one attached hydrogen (secondary N) is 1. The molecule has 3 nitrogen and oxygen atoms in total. The lowest BCUT2D eigenvalue weighted by Crippen LogP contribution is -2.25. The third-order valence-corrected chi connectivity index (χ3v) is 3.02. The van der Waals surface area contributed by atoms with E-state index < -0.39 is 0 Å². The van der Waals surface area contributed by atoms with Gasteiger partial charge in [-0.05, 0) is 36.0 Å². The smallest absolute Gasteiger partial charge is 0.221 e. The van der Waals surface area contributed by atoms with Crippen LogP contribution in [-0.4, -0.2) is 12.5 Å². The number of hydrogen-bond donors (Lipinski definition) is 2. The second-order valence-corrected chi connectivity index (χ2v) is 4.27. The Morgan fingerprint density at radius 3 is 2.94 bits per heavy atom. The van der Waals surface area contributed by atoms with Crippen LogP contribution in [0.1, 0.15) is 29.5 Å². The van der Waals surface area contributed by atoms with Crippen LogP contribution in [0.4, 0.5) is 0 Å². The number of rotatable bonds is 4. The van der Waals surface area contributed by atoms with Crippen molar-refractivity contribution in [1.82, 2.24) is 5.32 Å². The lowest BCUT2D eigenvalue weighted by molar-refractivity contribution is -0.121. The second kappa shape index (κ2) is 5.12. The van der Waals surface area contributed by atoms with E-state index in [9.17, 15) is 4.79 Å². The van der Waals surface area contributed by atoms with E-state index in [0.29, 0.717) is 19.5 Å². The fourth-order valence-electron chi connectivity index (χ4n) is 2.16. The SMILES string of the molecule is NCCC(=O)NCc1ccc2c(c1)CCC2. The summed E-state index contributed by atoms with van der Waals surface area (Å²) in [6.07, 6.45) is 4.05. The highest BCUT2D eigenvalue weighted by molar-refractivity contribution is 5.76. The Labute approximate surface area is 96.0 Å². The van der Waals surface area contributed by atoms with Gasteiger partial charge in [-0.2, -0.15) is 0 Å². The van der Waals surface area contributed by atoms with Crippen molar-refractivity contribution in [1.29, 1.82) is 0 Å². The predicted octanol–water partition coefficient (Wildman–Crippen LogP) is 1.14. The van der Waals surface area contributed by atoms with Crippen LogP contribution >= 0.6 is 0 Å². The van der Waals surface area contributed by atoms with Crippen LogP contribution in [0.3, 0.4) is 0 Å². The Hall–Kier alpha value is -1.35. The number of carbonyl (C=O) groups is 1. The van der Waals surface area contributed by atoms with Crippen LogP contribution in [0.2, 0.25) is 0 Å². The van der Waals surface area contributed by atoms with Gasteiger partial charge in [0.2, 0.25) is 5.91 Å². The molecule has 0 saturated heterocycles. The number of aryl methyl sites for hydroxylation is 2. The summed E-state index contributed by atoms with van der Waals surface area (Å²) < 4.78 is 0.